The Balaban J connectivity index is 8.66. The molecule has 0 aliphatic carbocycles. The van der Waals surface area contributed by atoms with E-state index in [1.54, 1.807) is 0 Å². The van der Waals surface area contributed by atoms with E-state index in [0.717, 1.165) is 0 Å². The third-order valence-electron chi connectivity index (χ3n) is 12.2. The Kier molecular flexibility index (Phi) is 21.0. The van der Waals surface area contributed by atoms with Gasteiger partial charge in [0.25, 0.3) is 6.43 Å². The molecule has 0 bridgehead atoms. The summed E-state index contributed by atoms with van der Waals surface area (Å²) in [6.07, 6.45) is -26.3. The molecule has 0 amide bonds. The highest BCUT2D eigenvalue weighted by Gasteiger charge is 3.07. The topological polar surface area (TPSA) is 0 Å². The minimum atomic E-state index is -11.4. The van der Waals surface area contributed by atoms with Crippen LogP contribution in [-0.2, 0) is 0 Å². The average Bonchev–Trinajstić information content (AvgIpc) is 0.681. The maximum atomic E-state index is 15.0. The first-order valence-corrected chi connectivity index (χ1v) is 20.1. The van der Waals surface area contributed by atoms with E-state index in [-0.39, 0.29) is 0 Å². The molecule has 0 rings (SSSR count). The molecule has 0 aliphatic rings. The first-order chi connectivity index (χ1) is 40.4. The van der Waals surface area contributed by atoms with Crippen LogP contribution in [0.25, 0.3) is 0 Å². The standard InChI is InChI=1S/C32HF65/c33-1(34)2(35,4(38,39)6(42,43)8(46,47)10(50,51)12(54,55)14(58,59)16(62,63)19(68,69)21(72,73)23(76,77)25(80,81)27(84,85)29(88,89)31(92,93)94)3(36,37)5(40,41)7(44,45)9(48,49)11(52,53)13(56,57)15(60,61)17(64,65)18(66,67)20(70,71)22(74,75)24(78,79)26(82,83)28(86,87)30(90,91)32(95,96)97/h1H. The first-order valence-electron chi connectivity index (χ1n) is 20.1. The van der Waals surface area contributed by atoms with E-state index in [9.17, 15) is 285 Å². The van der Waals surface area contributed by atoms with Gasteiger partial charge in [0.15, 0.2) is 0 Å². The third-order valence-corrected chi connectivity index (χ3v) is 12.2. The number of rotatable bonds is 29. The van der Waals surface area contributed by atoms with Crippen LogP contribution in [0.2, 0.25) is 0 Å². The lowest BCUT2D eigenvalue weighted by Crippen LogP contribution is -2.83. The van der Waals surface area contributed by atoms with Crippen molar-refractivity contribution in [2.75, 3.05) is 0 Å². The number of hydrogen-bond donors (Lipinski definition) is 0. The summed E-state index contributed by atoms with van der Waals surface area (Å²) in [5, 5.41) is 0. The predicted octanol–water partition coefficient (Wildman–Crippen LogP) is 20.9. The van der Waals surface area contributed by atoms with E-state index >= 15 is 0 Å². The molecule has 0 radical (unpaired) electrons. The van der Waals surface area contributed by atoms with Gasteiger partial charge in [-0.25, -0.2) is 13.2 Å². The van der Waals surface area contributed by atoms with Gasteiger partial charge in [0.2, 0.25) is 0 Å². The molecule has 0 aromatic carbocycles. The van der Waals surface area contributed by atoms with E-state index < -0.39 is 190 Å². The molecule has 1 unspecified atom stereocenters. The third kappa shape index (κ3) is 9.93. The van der Waals surface area contributed by atoms with Crippen LogP contribution in [0.3, 0.4) is 0 Å². The molecular weight excluding hydrogens is 1620 g/mol. The van der Waals surface area contributed by atoms with Gasteiger partial charge in [-0.3, -0.25) is 0 Å². The van der Waals surface area contributed by atoms with Crippen molar-refractivity contribution in [3.63, 3.8) is 0 Å². The zero-order valence-corrected chi connectivity index (χ0v) is 40.6. The van der Waals surface area contributed by atoms with Crippen LogP contribution >= 0.6 is 0 Å². The van der Waals surface area contributed by atoms with Gasteiger partial charge in [-0.05, 0) is 0 Å². The quantitative estimate of drug-likeness (QED) is 0.0655. The normalized spacial score (nSPS) is 18.1. The molecule has 0 aromatic heterocycles. The van der Waals surface area contributed by atoms with Crippen molar-refractivity contribution in [1.29, 1.82) is 0 Å². The summed E-state index contributed by atoms with van der Waals surface area (Å²) >= 11 is 0. The molecule has 1 atom stereocenters. The second-order valence-corrected chi connectivity index (χ2v) is 18.1. The fraction of sp³-hybridized carbons (Fsp3) is 1.00. The predicted molar refractivity (Wildman–Crippen MR) is 160 cm³/mol. The second-order valence-electron chi connectivity index (χ2n) is 18.1. The van der Waals surface area contributed by atoms with Crippen LogP contribution in [0.5, 0.6) is 0 Å². The maximum Gasteiger partial charge on any atom is 0.460 e. The van der Waals surface area contributed by atoms with Crippen molar-refractivity contribution < 1.29 is 285 Å². The van der Waals surface area contributed by atoms with Crippen molar-refractivity contribution in [2.24, 2.45) is 0 Å². The zero-order chi connectivity index (χ0) is 81.1. The summed E-state index contributed by atoms with van der Waals surface area (Å²) < 4.78 is 900. The molecule has 0 fully saturated rings. The highest BCUT2D eigenvalue weighted by Crippen LogP contribution is 2.75. The molecule has 97 heavy (non-hydrogen) atoms. The summed E-state index contributed by atoms with van der Waals surface area (Å²) in [6, 6.07) is 0. The summed E-state index contributed by atoms with van der Waals surface area (Å²) in [4.78, 5) is 0. The monoisotopic (exact) mass is 1620 g/mol. The van der Waals surface area contributed by atoms with E-state index in [4.69, 9.17) is 0 Å². The molecule has 0 aromatic rings. The molecule has 0 nitrogen and oxygen atoms in total. The molecule has 65 heteroatoms. The van der Waals surface area contributed by atoms with Crippen LogP contribution < -0.4 is 0 Å². The fourth-order valence-electron chi connectivity index (χ4n) is 6.02. The Labute approximate surface area is 477 Å². The van der Waals surface area contributed by atoms with Crippen LogP contribution in [0.1, 0.15) is 0 Å². The van der Waals surface area contributed by atoms with E-state index in [2.05, 4.69) is 0 Å². The van der Waals surface area contributed by atoms with E-state index in [1.807, 2.05) is 0 Å². The van der Waals surface area contributed by atoms with Crippen molar-refractivity contribution in [3.05, 3.63) is 0 Å². The summed E-state index contributed by atoms with van der Waals surface area (Å²) in [5.41, 5.74) is -11.1. The molecule has 0 saturated heterocycles. The van der Waals surface area contributed by atoms with Crippen LogP contribution in [-0.4, -0.2) is 190 Å². The molecule has 584 valence electrons. The molecule has 0 heterocycles. The molecule has 0 spiro atoms. The van der Waals surface area contributed by atoms with Gasteiger partial charge in [0.05, 0.1) is 0 Å². The first kappa shape index (κ1) is 92.4. The number of hydrogen-bond acceptors (Lipinski definition) is 0. The average molecular weight is 1620 g/mol. The highest BCUT2D eigenvalue weighted by molar-refractivity contribution is 5.28. The Morgan fingerprint density at radius 1 is 0.0928 bits per heavy atom. The Bertz CT molecular complexity index is 2810. The number of halogens is 65. The highest BCUT2D eigenvalue weighted by atomic mass is 19.5. The lowest BCUT2D eigenvalue weighted by molar-refractivity contribution is -0.498. The Morgan fingerprint density at radius 3 is 0.216 bits per heavy atom. The van der Waals surface area contributed by atoms with Gasteiger partial charge in [-0.2, -0.15) is 272 Å². The molecular formula is C32HF65. The van der Waals surface area contributed by atoms with Crippen LogP contribution in [0.15, 0.2) is 0 Å². The SMILES string of the molecule is FC(F)C(F)(C(F)(F)C(F)(F)C(F)(F)C(F)(F)C(F)(F)C(F)(F)C(F)(F)C(F)(F)C(F)(F)C(F)(F)C(F)(F)C(F)(F)C(F)(F)C(F)(F)F)C(F)(F)C(F)(F)C(F)(F)C(F)(F)C(F)(F)C(F)(F)C(F)(F)C(F)(F)C(F)(F)C(F)(F)C(F)(F)C(F)(F)C(F)(F)C(F)(F)C(F)(F)C(F)(F)F. The van der Waals surface area contributed by atoms with Crippen molar-refractivity contribution in [2.45, 2.75) is 190 Å². The van der Waals surface area contributed by atoms with Gasteiger partial charge in [0, 0.05) is 0 Å². The molecule has 0 aliphatic heterocycles. The van der Waals surface area contributed by atoms with Gasteiger partial charge < -0.3 is 0 Å². The maximum absolute atomic E-state index is 15.0. The summed E-state index contributed by atoms with van der Waals surface area (Å²) in [6.45, 7) is 0. The van der Waals surface area contributed by atoms with Crippen LogP contribution in [0.4, 0.5) is 285 Å². The van der Waals surface area contributed by atoms with E-state index in [0.29, 0.717) is 0 Å². The van der Waals surface area contributed by atoms with Crippen molar-refractivity contribution in [1.82, 2.24) is 0 Å². The van der Waals surface area contributed by atoms with Crippen molar-refractivity contribution >= 4 is 0 Å². The van der Waals surface area contributed by atoms with Gasteiger partial charge >= 0.3 is 184 Å². The fourth-order valence-corrected chi connectivity index (χ4v) is 6.02. The summed E-state index contributed by atoms with van der Waals surface area (Å²) in [7, 11) is 0. The van der Waals surface area contributed by atoms with Crippen molar-refractivity contribution in [3.8, 4) is 0 Å². The van der Waals surface area contributed by atoms with Gasteiger partial charge in [-0.15, -0.1) is 0 Å². The molecule has 0 N–H and O–H groups in total. The lowest BCUT2D eigenvalue weighted by Gasteiger charge is -2.49. The van der Waals surface area contributed by atoms with Gasteiger partial charge in [0.1, 0.15) is 0 Å². The smallest absolute Gasteiger partial charge is 0.223 e. The zero-order valence-electron chi connectivity index (χ0n) is 40.6. The lowest BCUT2D eigenvalue weighted by atomic mass is 9.76. The Hall–Kier alpha value is -4.55. The second kappa shape index (κ2) is 22.0. The largest absolute Gasteiger partial charge is 0.460 e. The minimum Gasteiger partial charge on any atom is -0.223 e. The number of alkyl halides is 65. The molecule has 0 saturated carbocycles. The van der Waals surface area contributed by atoms with Gasteiger partial charge in [-0.1, -0.05) is 0 Å². The summed E-state index contributed by atoms with van der Waals surface area (Å²) in [5.74, 6) is -302. The Morgan fingerprint density at radius 2 is 0.155 bits per heavy atom. The van der Waals surface area contributed by atoms with Crippen LogP contribution in [0, 0.1) is 0 Å². The minimum absolute atomic E-state index is 8.75. The van der Waals surface area contributed by atoms with E-state index in [1.165, 1.54) is 0 Å².